The summed E-state index contributed by atoms with van der Waals surface area (Å²) in [7, 11) is 0. The Morgan fingerprint density at radius 1 is 1.14 bits per heavy atom. The van der Waals surface area contributed by atoms with Crippen LogP contribution in [0.15, 0.2) is 23.5 Å². The molecule has 0 amide bonds. The summed E-state index contributed by atoms with van der Waals surface area (Å²) < 4.78 is 0. The van der Waals surface area contributed by atoms with Crippen molar-refractivity contribution in [2.75, 3.05) is 13.1 Å². The molecule has 0 aromatic heterocycles. The molecule has 0 N–H and O–H groups in total. The van der Waals surface area contributed by atoms with Gasteiger partial charge in [0.25, 0.3) is 5.69 Å². The van der Waals surface area contributed by atoms with Gasteiger partial charge in [-0.15, -0.1) is 5.01 Å². The van der Waals surface area contributed by atoms with Gasteiger partial charge in [0.15, 0.2) is 0 Å². The lowest BCUT2D eigenvalue weighted by atomic mass is 10.2. The number of hydrogen-bond acceptors (Lipinski definition) is 7. The van der Waals surface area contributed by atoms with Gasteiger partial charge in [-0.05, 0) is 19.9 Å². The van der Waals surface area contributed by atoms with Gasteiger partial charge >= 0.3 is 5.69 Å². The van der Waals surface area contributed by atoms with Gasteiger partial charge in [-0.25, -0.2) is 0 Å². The summed E-state index contributed by atoms with van der Waals surface area (Å²) in [5.74, 6) is -0.362. The molecule has 0 spiro atoms. The number of hydrogen-bond donors (Lipinski definition) is 0. The van der Waals surface area contributed by atoms with Gasteiger partial charge in [0.05, 0.1) is 34.0 Å². The van der Waals surface area contributed by atoms with Crippen LogP contribution in [0.3, 0.4) is 0 Å². The molecular weight excluding hydrogens is 286 g/mol. The van der Waals surface area contributed by atoms with Gasteiger partial charge in [0.2, 0.25) is 11.0 Å². The molecule has 114 valence electrons. The van der Waals surface area contributed by atoms with Crippen LogP contribution in [0, 0.1) is 25.4 Å². The zero-order valence-electron chi connectivity index (χ0n) is 11.3. The van der Waals surface area contributed by atoms with Crippen LogP contribution in [-0.4, -0.2) is 32.9 Å². The van der Waals surface area contributed by atoms with Crippen LogP contribution in [0.25, 0.3) is 0 Å². The van der Waals surface area contributed by atoms with Crippen molar-refractivity contribution in [3.05, 3.63) is 43.6 Å². The second-order valence-corrected chi connectivity index (χ2v) is 3.73. The maximum Gasteiger partial charge on any atom is 0.321 e. The number of hydrazine groups is 1. The fraction of sp³-hybridized carbons (Fsp3) is 0.400. The minimum atomic E-state index is -0.857. The highest BCUT2D eigenvalue weighted by molar-refractivity contribution is 5.53. The molecule has 1 aromatic rings. The van der Waals surface area contributed by atoms with Gasteiger partial charge < -0.3 is 5.21 Å². The molecule has 0 radical (unpaired) electrons. The Kier molecular flexibility index (Phi) is 5.34. The molecular formula is C10H13N5O6. The summed E-state index contributed by atoms with van der Waals surface area (Å²) >= 11 is 0. The van der Waals surface area contributed by atoms with Crippen LogP contribution in [0.2, 0.25) is 0 Å². The first-order valence-corrected chi connectivity index (χ1v) is 5.93. The topological polar surface area (TPSA) is 137 Å². The van der Waals surface area contributed by atoms with Crippen LogP contribution in [0.1, 0.15) is 13.8 Å². The summed E-state index contributed by atoms with van der Waals surface area (Å²) in [6, 6.07) is 2.76. The van der Waals surface area contributed by atoms with E-state index >= 15 is 0 Å². The second kappa shape index (κ2) is 6.98. The van der Waals surface area contributed by atoms with E-state index in [1.165, 1.54) is 5.01 Å². The molecule has 0 saturated heterocycles. The van der Waals surface area contributed by atoms with Gasteiger partial charge in [-0.1, -0.05) is 0 Å². The van der Waals surface area contributed by atoms with Crippen molar-refractivity contribution in [1.82, 2.24) is 5.01 Å². The van der Waals surface area contributed by atoms with E-state index in [9.17, 15) is 25.4 Å². The largest absolute Gasteiger partial charge is 0.569 e. The molecule has 0 fully saturated rings. The number of nitro benzene ring substituents is 2. The highest BCUT2D eigenvalue weighted by atomic mass is 16.7. The number of rotatable bonds is 7. The summed E-state index contributed by atoms with van der Waals surface area (Å²) in [4.78, 5) is 24.7. The minimum absolute atomic E-state index is 0.158. The van der Waals surface area contributed by atoms with Crippen molar-refractivity contribution < 1.29 is 19.7 Å². The Morgan fingerprint density at radius 3 is 2.24 bits per heavy atom. The van der Waals surface area contributed by atoms with Gasteiger partial charge in [0, 0.05) is 6.07 Å². The van der Waals surface area contributed by atoms with E-state index in [0.29, 0.717) is 13.1 Å². The van der Waals surface area contributed by atoms with E-state index in [2.05, 4.69) is 5.28 Å². The van der Waals surface area contributed by atoms with Crippen molar-refractivity contribution in [3.63, 3.8) is 0 Å². The Bertz CT molecular complexity index is 571. The third-order valence-electron chi connectivity index (χ3n) is 2.53. The predicted molar refractivity (Wildman–Crippen MR) is 69.4 cm³/mol. The third-order valence-corrected chi connectivity index (χ3v) is 2.53. The smallest absolute Gasteiger partial charge is 0.321 e. The molecule has 1 rings (SSSR count). The van der Waals surface area contributed by atoms with Crippen LogP contribution >= 0.6 is 0 Å². The fourth-order valence-corrected chi connectivity index (χ4v) is 1.44. The normalized spacial score (nSPS) is 11.0. The molecule has 11 nitrogen and oxygen atoms in total. The second-order valence-electron chi connectivity index (χ2n) is 3.73. The quantitative estimate of drug-likeness (QED) is 0.325. The standard InChI is InChI=1S/C10H13N5O6/c1-3-12(4-2)15(20)11-21-10-6-5-8(13(16)17)7-9(10)14(18)19/h5-7H,3-4H2,1-2H3/b15-11-. The molecule has 0 aliphatic carbocycles. The lowest BCUT2D eigenvalue weighted by Gasteiger charge is -2.13. The van der Waals surface area contributed by atoms with E-state index < -0.39 is 21.2 Å². The molecule has 1 aromatic carbocycles. The van der Waals surface area contributed by atoms with E-state index in [-0.39, 0.29) is 10.7 Å². The predicted octanol–water partition coefficient (Wildman–Crippen LogP) is 2.02. The van der Waals surface area contributed by atoms with E-state index in [1.54, 1.807) is 13.8 Å². The third kappa shape index (κ3) is 3.99. The van der Waals surface area contributed by atoms with Crippen LogP contribution < -0.4 is 4.84 Å². The van der Waals surface area contributed by atoms with E-state index in [4.69, 9.17) is 4.84 Å². The van der Waals surface area contributed by atoms with Crippen molar-refractivity contribution in [3.8, 4) is 5.75 Å². The van der Waals surface area contributed by atoms with E-state index in [0.717, 1.165) is 18.2 Å². The Labute approximate surface area is 118 Å². The Hall–Kier alpha value is -2.98. The van der Waals surface area contributed by atoms with Crippen LogP contribution in [0.4, 0.5) is 11.4 Å². The average Bonchev–Trinajstić information content (AvgIpc) is 2.45. The molecule has 0 unspecified atom stereocenters. The highest BCUT2D eigenvalue weighted by Gasteiger charge is 2.22. The number of nitro groups is 2. The molecule has 21 heavy (non-hydrogen) atoms. The van der Waals surface area contributed by atoms with Gasteiger partial charge in [0.1, 0.15) is 0 Å². The molecule has 0 atom stereocenters. The summed E-state index contributed by atoms with van der Waals surface area (Å²) in [6.45, 7) is 4.18. The fourth-order valence-electron chi connectivity index (χ4n) is 1.44. The summed E-state index contributed by atoms with van der Waals surface area (Å²) in [5.41, 5.74) is -1.11. The zero-order chi connectivity index (χ0) is 16.0. The van der Waals surface area contributed by atoms with Gasteiger partial charge in [-0.2, -0.15) is 0 Å². The first kappa shape index (κ1) is 16.1. The zero-order valence-corrected chi connectivity index (χ0v) is 11.3. The monoisotopic (exact) mass is 299 g/mol. The molecule has 11 heteroatoms. The maximum atomic E-state index is 11.5. The van der Waals surface area contributed by atoms with Crippen molar-refractivity contribution in [1.29, 1.82) is 0 Å². The first-order chi connectivity index (χ1) is 9.90. The molecule has 0 saturated carbocycles. The molecule has 0 bridgehead atoms. The number of benzene rings is 1. The number of nitrogens with zero attached hydrogens (tertiary/aromatic N) is 5. The van der Waals surface area contributed by atoms with Gasteiger partial charge in [-0.3, -0.25) is 25.1 Å². The SMILES string of the molecule is CCN(CC)/[N+]([O-])=N/Oc1ccc([N+](=O)[O-])cc1[N+](=O)[O-]. The van der Waals surface area contributed by atoms with Crippen LogP contribution in [0.5, 0.6) is 5.75 Å². The lowest BCUT2D eigenvalue weighted by molar-refractivity contribution is -0.706. The Balaban J connectivity index is 3.06. The maximum absolute atomic E-state index is 11.5. The highest BCUT2D eigenvalue weighted by Crippen LogP contribution is 2.31. The molecule has 0 aliphatic rings. The summed E-state index contributed by atoms with van der Waals surface area (Å²) in [5, 5.41) is 37.4. The molecule has 0 heterocycles. The Morgan fingerprint density at radius 2 is 1.76 bits per heavy atom. The molecule has 0 aliphatic heterocycles. The first-order valence-electron chi connectivity index (χ1n) is 5.93. The number of non-ortho nitro benzene ring substituents is 1. The van der Waals surface area contributed by atoms with Crippen LogP contribution in [-0.2, 0) is 0 Å². The summed E-state index contributed by atoms with van der Waals surface area (Å²) in [6.07, 6.45) is 0. The van der Waals surface area contributed by atoms with E-state index in [1.807, 2.05) is 0 Å². The minimum Gasteiger partial charge on any atom is -0.569 e. The van der Waals surface area contributed by atoms with Crippen molar-refractivity contribution in [2.24, 2.45) is 5.28 Å². The lowest BCUT2D eigenvalue weighted by Crippen LogP contribution is -2.30. The van der Waals surface area contributed by atoms with Crippen molar-refractivity contribution >= 4 is 11.4 Å². The average molecular weight is 299 g/mol. The van der Waals surface area contributed by atoms with Crippen molar-refractivity contribution in [2.45, 2.75) is 13.8 Å².